The topological polar surface area (TPSA) is 156 Å². The predicted molar refractivity (Wildman–Crippen MR) is 66.1 cm³/mol. The van der Waals surface area contributed by atoms with Crippen molar-refractivity contribution in [1.82, 2.24) is 10.6 Å². The van der Waals surface area contributed by atoms with E-state index in [1.807, 2.05) is 0 Å². The summed E-state index contributed by atoms with van der Waals surface area (Å²) in [5.41, 5.74) is 4.87. The van der Waals surface area contributed by atoms with E-state index in [4.69, 9.17) is 10.8 Å². The summed E-state index contributed by atoms with van der Waals surface area (Å²) < 4.78 is 21.6. The maximum atomic E-state index is 11.3. The summed E-state index contributed by atoms with van der Waals surface area (Å²) in [6.07, 6.45) is 0.699. The van der Waals surface area contributed by atoms with Crippen molar-refractivity contribution in [3.05, 3.63) is 0 Å². The van der Waals surface area contributed by atoms with Crippen molar-refractivity contribution in [2.45, 2.75) is 18.9 Å². The van der Waals surface area contributed by atoms with E-state index in [9.17, 15) is 22.8 Å². The maximum absolute atomic E-state index is 11.3. The maximum Gasteiger partial charge on any atom is 0.326 e. The molecule has 0 rings (SSSR count). The van der Waals surface area contributed by atoms with E-state index in [0.29, 0.717) is 0 Å². The number of aliphatic carboxylic acids is 1. The standard InChI is InChI=1S/C9H17N3O6S/c1-19(17,18)5-4-11-9(16)12-6(8(14)15)2-3-7(10)13/h6H,2-5H2,1H3,(H2,10,13)(H,14,15)(H2,11,12,16)/t6-/m1/s1. The summed E-state index contributed by atoms with van der Waals surface area (Å²) in [7, 11) is -3.21. The van der Waals surface area contributed by atoms with E-state index in [0.717, 1.165) is 6.26 Å². The zero-order valence-corrected chi connectivity index (χ0v) is 11.2. The Morgan fingerprint density at radius 2 is 1.89 bits per heavy atom. The molecule has 0 aliphatic carbocycles. The second kappa shape index (κ2) is 7.56. The van der Waals surface area contributed by atoms with Crippen LogP contribution in [0, 0.1) is 0 Å². The fraction of sp³-hybridized carbons (Fsp3) is 0.667. The van der Waals surface area contributed by atoms with Crippen LogP contribution < -0.4 is 16.4 Å². The zero-order valence-electron chi connectivity index (χ0n) is 10.4. The number of primary amides is 1. The number of hydrogen-bond donors (Lipinski definition) is 4. The molecule has 0 unspecified atom stereocenters. The molecule has 0 aliphatic heterocycles. The van der Waals surface area contributed by atoms with Gasteiger partial charge in [-0.1, -0.05) is 0 Å². The number of hydrogen-bond acceptors (Lipinski definition) is 5. The van der Waals surface area contributed by atoms with E-state index >= 15 is 0 Å². The largest absolute Gasteiger partial charge is 0.480 e. The van der Waals surface area contributed by atoms with Crippen molar-refractivity contribution in [3.8, 4) is 0 Å². The van der Waals surface area contributed by atoms with Crippen molar-refractivity contribution in [1.29, 1.82) is 0 Å². The lowest BCUT2D eigenvalue weighted by Crippen LogP contribution is -2.47. The van der Waals surface area contributed by atoms with Gasteiger partial charge in [-0.15, -0.1) is 0 Å². The minimum Gasteiger partial charge on any atom is -0.480 e. The number of urea groups is 1. The van der Waals surface area contributed by atoms with E-state index in [1.165, 1.54) is 0 Å². The molecule has 10 heteroatoms. The van der Waals surface area contributed by atoms with Crippen LogP contribution >= 0.6 is 0 Å². The number of nitrogens with one attached hydrogen (secondary N) is 2. The van der Waals surface area contributed by atoms with E-state index in [-0.39, 0.29) is 25.1 Å². The van der Waals surface area contributed by atoms with Crippen molar-refractivity contribution in [3.63, 3.8) is 0 Å². The summed E-state index contributed by atoms with van der Waals surface area (Å²) in [5, 5.41) is 13.1. The Morgan fingerprint density at radius 3 is 2.32 bits per heavy atom. The van der Waals surface area contributed by atoms with E-state index in [1.54, 1.807) is 0 Å². The molecule has 0 aromatic heterocycles. The average Bonchev–Trinajstić information content (AvgIpc) is 2.21. The molecule has 0 spiro atoms. The quantitative estimate of drug-likeness (QED) is 0.407. The first-order valence-electron chi connectivity index (χ1n) is 5.35. The highest BCUT2D eigenvalue weighted by Crippen LogP contribution is 1.97. The molecule has 0 aromatic rings. The lowest BCUT2D eigenvalue weighted by atomic mass is 10.1. The smallest absolute Gasteiger partial charge is 0.326 e. The Bertz CT molecular complexity index is 447. The lowest BCUT2D eigenvalue weighted by molar-refractivity contribution is -0.139. The Kier molecular flexibility index (Phi) is 6.83. The first kappa shape index (κ1) is 17.2. The SMILES string of the molecule is CS(=O)(=O)CCNC(=O)N[C@H](CCC(N)=O)C(=O)O. The minimum absolute atomic E-state index is 0.132. The minimum atomic E-state index is -3.21. The predicted octanol–water partition coefficient (Wildman–Crippen LogP) is -1.95. The molecule has 0 fully saturated rings. The molecular formula is C9H17N3O6S. The summed E-state index contributed by atoms with van der Waals surface area (Å²) in [6, 6.07) is -2.08. The van der Waals surface area contributed by atoms with Crippen molar-refractivity contribution >= 4 is 27.7 Å². The van der Waals surface area contributed by atoms with E-state index < -0.39 is 33.8 Å². The molecule has 19 heavy (non-hydrogen) atoms. The monoisotopic (exact) mass is 295 g/mol. The highest BCUT2D eigenvalue weighted by Gasteiger charge is 2.20. The average molecular weight is 295 g/mol. The second-order valence-corrected chi connectivity index (χ2v) is 6.19. The summed E-state index contributed by atoms with van der Waals surface area (Å²) in [5.74, 6) is -2.23. The van der Waals surface area contributed by atoms with Gasteiger partial charge in [-0.3, -0.25) is 4.79 Å². The molecule has 0 aliphatic rings. The molecule has 0 saturated carbocycles. The van der Waals surface area contributed by atoms with Gasteiger partial charge >= 0.3 is 12.0 Å². The van der Waals surface area contributed by atoms with Gasteiger partial charge < -0.3 is 21.5 Å². The van der Waals surface area contributed by atoms with Crippen LogP contribution in [0.5, 0.6) is 0 Å². The van der Waals surface area contributed by atoms with Gasteiger partial charge in [0.2, 0.25) is 5.91 Å². The number of carbonyl (C=O) groups excluding carboxylic acids is 2. The number of carboxylic acid groups (broad SMARTS) is 1. The fourth-order valence-electron chi connectivity index (χ4n) is 1.10. The summed E-state index contributed by atoms with van der Waals surface area (Å²) in [4.78, 5) is 32.6. The Labute approximate surface area is 110 Å². The number of rotatable bonds is 8. The summed E-state index contributed by atoms with van der Waals surface area (Å²) in [6.45, 7) is -0.132. The molecule has 0 heterocycles. The van der Waals surface area contributed by atoms with Gasteiger partial charge in [0.25, 0.3) is 0 Å². The highest BCUT2D eigenvalue weighted by atomic mass is 32.2. The summed E-state index contributed by atoms with van der Waals surface area (Å²) >= 11 is 0. The third-order valence-electron chi connectivity index (χ3n) is 2.04. The van der Waals surface area contributed by atoms with Crippen LogP contribution in [0.4, 0.5) is 4.79 Å². The van der Waals surface area contributed by atoms with Gasteiger partial charge in [0.1, 0.15) is 15.9 Å². The van der Waals surface area contributed by atoms with Gasteiger partial charge in [-0.05, 0) is 6.42 Å². The number of nitrogens with two attached hydrogens (primary N) is 1. The van der Waals surface area contributed by atoms with Gasteiger partial charge in [-0.25, -0.2) is 18.0 Å². The molecule has 9 nitrogen and oxygen atoms in total. The van der Waals surface area contributed by atoms with E-state index in [2.05, 4.69) is 10.6 Å². The molecule has 3 amide bonds. The molecule has 0 bridgehead atoms. The van der Waals surface area contributed by atoms with Crippen molar-refractivity contribution < 1.29 is 27.9 Å². The van der Waals surface area contributed by atoms with Gasteiger partial charge in [0, 0.05) is 19.2 Å². The molecule has 0 radical (unpaired) electrons. The molecule has 0 saturated heterocycles. The van der Waals surface area contributed by atoms with Crippen LogP contribution in [0.25, 0.3) is 0 Å². The Hall–Kier alpha value is -1.84. The van der Waals surface area contributed by atoms with Gasteiger partial charge in [0.05, 0.1) is 5.75 Å². The Morgan fingerprint density at radius 1 is 1.32 bits per heavy atom. The molecule has 5 N–H and O–H groups in total. The van der Waals surface area contributed by atoms with Crippen LogP contribution in [-0.2, 0) is 19.4 Å². The Balaban J connectivity index is 4.17. The number of carboxylic acids is 1. The van der Waals surface area contributed by atoms with Gasteiger partial charge in [-0.2, -0.15) is 0 Å². The third kappa shape index (κ3) is 9.83. The van der Waals surface area contributed by atoms with Crippen LogP contribution in [0.2, 0.25) is 0 Å². The molecule has 110 valence electrons. The van der Waals surface area contributed by atoms with Crippen LogP contribution in [0.1, 0.15) is 12.8 Å². The zero-order chi connectivity index (χ0) is 15.1. The number of carbonyl (C=O) groups is 3. The third-order valence-corrected chi connectivity index (χ3v) is 2.99. The second-order valence-electron chi connectivity index (χ2n) is 3.93. The normalized spacial score (nSPS) is 12.5. The fourth-order valence-corrected chi connectivity index (χ4v) is 1.58. The first-order valence-corrected chi connectivity index (χ1v) is 7.41. The van der Waals surface area contributed by atoms with Crippen LogP contribution in [0.15, 0.2) is 0 Å². The molecular weight excluding hydrogens is 278 g/mol. The van der Waals surface area contributed by atoms with Crippen LogP contribution in [-0.4, -0.2) is 56.0 Å². The number of amides is 3. The van der Waals surface area contributed by atoms with Gasteiger partial charge in [0.15, 0.2) is 0 Å². The van der Waals surface area contributed by atoms with Crippen LogP contribution in [0.3, 0.4) is 0 Å². The molecule has 0 aromatic carbocycles. The molecule has 1 atom stereocenters. The van der Waals surface area contributed by atoms with Crippen molar-refractivity contribution in [2.24, 2.45) is 5.73 Å². The highest BCUT2D eigenvalue weighted by molar-refractivity contribution is 7.90. The first-order chi connectivity index (χ1) is 8.61. The lowest BCUT2D eigenvalue weighted by Gasteiger charge is -2.14. The number of sulfone groups is 1. The van der Waals surface area contributed by atoms with Crippen molar-refractivity contribution in [2.75, 3.05) is 18.6 Å².